The summed E-state index contributed by atoms with van der Waals surface area (Å²) in [6.45, 7) is 0.203. The highest BCUT2D eigenvalue weighted by Crippen LogP contribution is 2.21. The minimum absolute atomic E-state index is 0.203. The van der Waals surface area contributed by atoms with Crippen molar-refractivity contribution in [2.45, 2.75) is 6.04 Å². The number of aliphatic carboxylic acids is 1. The van der Waals surface area contributed by atoms with Gasteiger partial charge in [-0.1, -0.05) is 23.7 Å². The van der Waals surface area contributed by atoms with E-state index in [4.69, 9.17) is 16.7 Å². The first-order chi connectivity index (χ1) is 9.90. The Hall–Kier alpha value is -1.02. The molecular weight excluding hydrogens is 334 g/mol. The molecule has 0 bridgehead atoms. The predicted octanol–water partition coefficient (Wildman–Crippen LogP) is 2.14. The molecule has 0 aromatic heterocycles. The van der Waals surface area contributed by atoms with E-state index in [-0.39, 0.29) is 12.3 Å². The minimum atomic E-state index is -3.76. The summed E-state index contributed by atoms with van der Waals surface area (Å²) >= 11 is 7.20. The highest BCUT2D eigenvalue weighted by molar-refractivity contribution is 7.99. The van der Waals surface area contributed by atoms with Gasteiger partial charge in [-0.25, -0.2) is 8.42 Å². The molecule has 1 aliphatic rings. The van der Waals surface area contributed by atoms with Crippen LogP contribution < -0.4 is 0 Å². The summed E-state index contributed by atoms with van der Waals surface area (Å²) in [5.74, 6) is -0.258. The molecule has 21 heavy (non-hydrogen) atoms. The third kappa shape index (κ3) is 4.23. The molecule has 1 saturated heterocycles. The van der Waals surface area contributed by atoms with Gasteiger partial charge in [0.2, 0.25) is 10.0 Å². The predicted molar refractivity (Wildman–Crippen MR) is 84.9 cm³/mol. The number of halogens is 1. The largest absolute Gasteiger partial charge is 0.480 e. The van der Waals surface area contributed by atoms with Gasteiger partial charge < -0.3 is 5.11 Å². The average Bonchev–Trinajstić information content (AvgIpc) is 2.47. The molecule has 0 aliphatic carbocycles. The molecule has 1 aliphatic heterocycles. The molecule has 1 heterocycles. The zero-order valence-electron chi connectivity index (χ0n) is 11.0. The second kappa shape index (κ2) is 6.83. The summed E-state index contributed by atoms with van der Waals surface area (Å²) in [6, 6.07) is 5.68. The van der Waals surface area contributed by atoms with Crippen molar-refractivity contribution in [1.82, 2.24) is 4.31 Å². The van der Waals surface area contributed by atoms with Gasteiger partial charge in [0.1, 0.15) is 6.04 Å². The monoisotopic (exact) mass is 347 g/mol. The van der Waals surface area contributed by atoms with Crippen molar-refractivity contribution in [1.29, 1.82) is 0 Å². The lowest BCUT2D eigenvalue weighted by Crippen LogP contribution is -2.49. The molecule has 0 saturated carbocycles. The van der Waals surface area contributed by atoms with Gasteiger partial charge in [-0.15, -0.1) is 0 Å². The van der Waals surface area contributed by atoms with E-state index in [0.29, 0.717) is 16.3 Å². The number of hydrogen-bond donors (Lipinski definition) is 1. The lowest BCUT2D eigenvalue weighted by molar-refractivity contribution is -0.140. The molecule has 1 aromatic carbocycles. The summed E-state index contributed by atoms with van der Waals surface area (Å²) < 4.78 is 25.6. The number of hydrogen-bond acceptors (Lipinski definition) is 4. The molecule has 1 N–H and O–H groups in total. The molecule has 8 heteroatoms. The van der Waals surface area contributed by atoms with Crippen LogP contribution in [0.5, 0.6) is 0 Å². The number of carbonyl (C=O) groups is 1. The maximum Gasteiger partial charge on any atom is 0.322 e. The lowest BCUT2D eigenvalue weighted by atomic mass is 10.2. The van der Waals surface area contributed by atoms with Crippen LogP contribution in [0.3, 0.4) is 0 Å². The van der Waals surface area contributed by atoms with Crippen molar-refractivity contribution < 1.29 is 18.3 Å². The summed E-state index contributed by atoms with van der Waals surface area (Å²) in [4.78, 5) is 11.2. The van der Waals surface area contributed by atoms with Gasteiger partial charge >= 0.3 is 5.97 Å². The quantitative estimate of drug-likeness (QED) is 0.903. The number of carboxylic acids is 1. The first-order valence-electron chi connectivity index (χ1n) is 6.16. The average molecular weight is 348 g/mol. The Bertz CT molecular complexity index is 643. The van der Waals surface area contributed by atoms with Crippen molar-refractivity contribution in [3.63, 3.8) is 0 Å². The van der Waals surface area contributed by atoms with Crippen molar-refractivity contribution in [2.75, 3.05) is 18.1 Å². The Morgan fingerprint density at radius 1 is 1.38 bits per heavy atom. The number of thioether (sulfide) groups is 1. The molecular formula is C13H14ClNO4S2. The Morgan fingerprint density at radius 3 is 2.67 bits per heavy atom. The fourth-order valence-corrected chi connectivity index (χ4v) is 4.63. The minimum Gasteiger partial charge on any atom is -0.480 e. The van der Waals surface area contributed by atoms with Gasteiger partial charge in [-0.3, -0.25) is 4.79 Å². The van der Waals surface area contributed by atoms with E-state index < -0.39 is 22.0 Å². The first-order valence-corrected chi connectivity index (χ1v) is 9.20. The van der Waals surface area contributed by atoms with Crippen LogP contribution >= 0.6 is 23.4 Å². The van der Waals surface area contributed by atoms with Gasteiger partial charge in [-0.05, 0) is 23.8 Å². The molecule has 1 fully saturated rings. The topological polar surface area (TPSA) is 74.7 Å². The molecule has 1 atom stereocenters. The summed E-state index contributed by atoms with van der Waals surface area (Å²) in [7, 11) is -3.76. The molecule has 114 valence electrons. The number of sulfonamides is 1. The van der Waals surface area contributed by atoms with Gasteiger partial charge in [0.05, 0.1) is 0 Å². The normalized spacial score (nSPS) is 20.7. The number of nitrogens with zero attached hydrogens (tertiary/aromatic N) is 1. The Labute approximate surface area is 132 Å². The fourth-order valence-electron chi connectivity index (χ4n) is 1.90. The standard InChI is InChI=1S/C13H14ClNO4S2/c14-11-3-1-10(2-4-11)5-8-21(18,19)15-6-7-20-9-12(15)13(16)17/h1-5,8,12H,6-7,9H2,(H,16,17)/b8-5+. The van der Waals surface area contributed by atoms with Crippen LogP contribution in [0.25, 0.3) is 6.08 Å². The smallest absolute Gasteiger partial charge is 0.322 e. The van der Waals surface area contributed by atoms with Gasteiger partial charge in [-0.2, -0.15) is 16.1 Å². The Kier molecular flexibility index (Phi) is 5.32. The van der Waals surface area contributed by atoms with Crippen LogP contribution in [0, 0.1) is 0 Å². The Morgan fingerprint density at radius 2 is 2.05 bits per heavy atom. The maximum absolute atomic E-state index is 12.3. The Balaban J connectivity index is 2.20. The third-order valence-corrected chi connectivity index (χ3v) is 5.84. The van der Waals surface area contributed by atoms with E-state index in [1.807, 2.05) is 0 Å². The van der Waals surface area contributed by atoms with Crippen LogP contribution in [0.15, 0.2) is 29.7 Å². The van der Waals surface area contributed by atoms with E-state index in [1.54, 1.807) is 24.3 Å². The first kappa shape index (κ1) is 16.4. The van der Waals surface area contributed by atoms with Crippen LogP contribution in [0.2, 0.25) is 5.02 Å². The molecule has 1 unspecified atom stereocenters. The van der Waals surface area contributed by atoms with E-state index in [9.17, 15) is 13.2 Å². The lowest BCUT2D eigenvalue weighted by Gasteiger charge is -2.30. The molecule has 1 aromatic rings. The molecule has 0 radical (unpaired) electrons. The zero-order chi connectivity index (χ0) is 15.5. The van der Waals surface area contributed by atoms with Gasteiger partial charge in [0, 0.05) is 28.5 Å². The number of rotatable bonds is 4. The zero-order valence-corrected chi connectivity index (χ0v) is 13.4. The number of benzene rings is 1. The van der Waals surface area contributed by atoms with E-state index >= 15 is 0 Å². The molecule has 0 spiro atoms. The highest BCUT2D eigenvalue weighted by atomic mass is 35.5. The van der Waals surface area contributed by atoms with Gasteiger partial charge in [0.25, 0.3) is 0 Å². The number of carboxylic acid groups (broad SMARTS) is 1. The van der Waals surface area contributed by atoms with Crippen LogP contribution in [-0.2, 0) is 14.8 Å². The second-order valence-electron chi connectivity index (χ2n) is 4.44. The van der Waals surface area contributed by atoms with E-state index in [2.05, 4.69) is 0 Å². The maximum atomic E-state index is 12.3. The van der Waals surface area contributed by atoms with Crippen molar-refractivity contribution in [3.8, 4) is 0 Å². The third-order valence-electron chi connectivity index (χ3n) is 2.99. The summed E-state index contributed by atoms with van der Waals surface area (Å²) in [6.07, 6.45) is 1.44. The summed E-state index contributed by atoms with van der Waals surface area (Å²) in [5, 5.41) is 10.7. The van der Waals surface area contributed by atoms with Crippen molar-refractivity contribution >= 4 is 45.4 Å². The molecule has 0 amide bonds. The fraction of sp³-hybridized carbons (Fsp3) is 0.308. The highest BCUT2D eigenvalue weighted by Gasteiger charge is 2.35. The van der Waals surface area contributed by atoms with Crippen molar-refractivity contribution in [3.05, 3.63) is 40.3 Å². The van der Waals surface area contributed by atoms with E-state index in [1.165, 1.54) is 17.8 Å². The van der Waals surface area contributed by atoms with E-state index in [0.717, 1.165) is 9.71 Å². The molecule has 5 nitrogen and oxygen atoms in total. The van der Waals surface area contributed by atoms with Crippen LogP contribution in [-0.4, -0.2) is 47.9 Å². The summed E-state index contributed by atoms with van der Waals surface area (Å²) in [5.41, 5.74) is 0.682. The molecule has 2 rings (SSSR count). The second-order valence-corrected chi connectivity index (χ2v) is 7.80. The van der Waals surface area contributed by atoms with Gasteiger partial charge in [0.15, 0.2) is 0 Å². The van der Waals surface area contributed by atoms with Crippen LogP contribution in [0.1, 0.15) is 5.56 Å². The SMILES string of the molecule is O=C(O)C1CSCCN1S(=O)(=O)/C=C/c1ccc(Cl)cc1. The van der Waals surface area contributed by atoms with Crippen LogP contribution in [0.4, 0.5) is 0 Å². The van der Waals surface area contributed by atoms with Crippen molar-refractivity contribution in [2.24, 2.45) is 0 Å².